The largest absolute Gasteiger partial charge is 0.484 e. The number of nitrogens with one attached hydrogen (secondary N) is 1. The fourth-order valence-electron chi connectivity index (χ4n) is 2.98. The number of rotatable bonds is 6. The highest BCUT2D eigenvalue weighted by atomic mass is 35.5. The summed E-state index contributed by atoms with van der Waals surface area (Å²) in [6.45, 7) is 1.59. The number of aromatic nitrogens is 1. The van der Waals surface area contributed by atoms with Crippen LogP contribution >= 0.6 is 34.3 Å². The Hall–Kier alpha value is -2.42. The van der Waals surface area contributed by atoms with Crippen LogP contribution in [0, 0.1) is 0 Å². The van der Waals surface area contributed by atoms with Crippen LogP contribution in [0.2, 0.25) is 4.34 Å². The predicted molar refractivity (Wildman–Crippen MR) is 116 cm³/mol. The van der Waals surface area contributed by atoms with Gasteiger partial charge in [0.05, 0.1) is 9.21 Å². The number of benzene rings is 1. The molecule has 9 heteroatoms. The maximum Gasteiger partial charge on any atom is 0.275 e. The van der Waals surface area contributed by atoms with Crippen LogP contribution in [0.4, 0.5) is 5.69 Å². The van der Waals surface area contributed by atoms with Gasteiger partial charge in [-0.2, -0.15) is 0 Å². The van der Waals surface area contributed by atoms with E-state index >= 15 is 0 Å². The van der Waals surface area contributed by atoms with Gasteiger partial charge in [0.2, 0.25) is 0 Å². The van der Waals surface area contributed by atoms with Crippen molar-refractivity contribution < 1.29 is 14.3 Å². The van der Waals surface area contributed by atoms with Crippen molar-refractivity contribution in [2.24, 2.45) is 0 Å². The van der Waals surface area contributed by atoms with Gasteiger partial charge in [-0.05, 0) is 37.1 Å². The number of ether oxygens (including phenoxy) is 1. The molecule has 2 aromatic heterocycles. The molecular weight excluding hydrogens is 430 g/mol. The SMILES string of the molecule is O=C(Nc1cccc(OCC(=O)N2CCCC2)c1)c1csc(-c2ccc(Cl)s2)n1. The first-order chi connectivity index (χ1) is 14.1. The van der Waals surface area contributed by atoms with Gasteiger partial charge < -0.3 is 15.0 Å². The maximum absolute atomic E-state index is 12.5. The molecule has 1 N–H and O–H groups in total. The molecule has 4 rings (SSSR count). The summed E-state index contributed by atoms with van der Waals surface area (Å²) in [4.78, 5) is 31.8. The number of hydrogen-bond acceptors (Lipinski definition) is 6. The van der Waals surface area contributed by atoms with Crippen LogP contribution in [0.25, 0.3) is 9.88 Å². The minimum absolute atomic E-state index is 0.00375. The van der Waals surface area contributed by atoms with Gasteiger partial charge in [0.25, 0.3) is 11.8 Å². The number of thiophene rings is 1. The Bertz CT molecular complexity index is 1030. The van der Waals surface area contributed by atoms with E-state index in [0.29, 0.717) is 21.5 Å². The fourth-order valence-corrected chi connectivity index (χ4v) is 4.90. The molecule has 1 fully saturated rings. The number of nitrogens with zero attached hydrogens (tertiary/aromatic N) is 2. The van der Waals surface area contributed by atoms with E-state index in [-0.39, 0.29) is 18.4 Å². The van der Waals surface area contributed by atoms with Gasteiger partial charge in [-0.3, -0.25) is 9.59 Å². The molecule has 1 aromatic carbocycles. The number of carbonyl (C=O) groups is 2. The summed E-state index contributed by atoms with van der Waals surface area (Å²) in [6, 6.07) is 10.7. The molecule has 2 amide bonds. The molecule has 0 spiro atoms. The van der Waals surface area contributed by atoms with E-state index in [9.17, 15) is 9.59 Å². The number of thiazole rings is 1. The quantitative estimate of drug-likeness (QED) is 0.590. The van der Waals surface area contributed by atoms with E-state index in [4.69, 9.17) is 16.3 Å². The van der Waals surface area contributed by atoms with Crippen molar-refractivity contribution in [1.29, 1.82) is 0 Å². The summed E-state index contributed by atoms with van der Waals surface area (Å²) in [5.74, 6) is 0.212. The number of likely N-dealkylation sites (tertiary alicyclic amines) is 1. The second-order valence-corrected chi connectivity index (χ2v) is 9.07. The van der Waals surface area contributed by atoms with Crippen molar-refractivity contribution >= 4 is 51.8 Å². The van der Waals surface area contributed by atoms with E-state index in [2.05, 4.69) is 10.3 Å². The van der Waals surface area contributed by atoms with Gasteiger partial charge >= 0.3 is 0 Å². The summed E-state index contributed by atoms with van der Waals surface area (Å²) in [5, 5.41) is 5.29. The minimum atomic E-state index is -0.305. The fraction of sp³-hybridized carbons (Fsp3) is 0.250. The van der Waals surface area contributed by atoms with Gasteiger partial charge in [0.1, 0.15) is 16.5 Å². The average molecular weight is 448 g/mol. The molecule has 0 unspecified atom stereocenters. The minimum Gasteiger partial charge on any atom is -0.484 e. The number of amides is 2. The van der Waals surface area contributed by atoms with Crippen LogP contribution in [0.1, 0.15) is 23.3 Å². The second kappa shape index (κ2) is 8.94. The lowest BCUT2D eigenvalue weighted by molar-refractivity contribution is -0.132. The Morgan fingerprint density at radius 2 is 2.03 bits per heavy atom. The van der Waals surface area contributed by atoms with Crippen molar-refractivity contribution in [3.8, 4) is 15.6 Å². The zero-order valence-electron chi connectivity index (χ0n) is 15.4. The lowest BCUT2D eigenvalue weighted by atomic mass is 10.3. The van der Waals surface area contributed by atoms with Gasteiger partial charge in [-0.15, -0.1) is 22.7 Å². The second-order valence-electron chi connectivity index (χ2n) is 6.50. The van der Waals surface area contributed by atoms with Crippen LogP contribution in [-0.4, -0.2) is 41.4 Å². The molecule has 0 atom stereocenters. The highest BCUT2D eigenvalue weighted by Crippen LogP contribution is 2.33. The van der Waals surface area contributed by atoms with Crippen LogP contribution in [0.15, 0.2) is 41.8 Å². The van der Waals surface area contributed by atoms with Gasteiger partial charge in [0.15, 0.2) is 6.61 Å². The van der Waals surface area contributed by atoms with Gasteiger partial charge in [-0.1, -0.05) is 17.7 Å². The first-order valence-corrected chi connectivity index (χ1v) is 11.2. The van der Waals surface area contributed by atoms with E-state index in [0.717, 1.165) is 35.8 Å². The molecule has 150 valence electrons. The molecule has 1 aliphatic rings. The molecule has 3 heterocycles. The third kappa shape index (κ3) is 4.95. The number of halogens is 1. The molecule has 1 aliphatic heterocycles. The molecule has 0 aliphatic carbocycles. The van der Waals surface area contributed by atoms with Gasteiger partial charge in [-0.25, -0.2) is 4.98 Å². The molecule has 1 saturated heterocycles. The lowest BCUT2D eigenvalue weighted by Crippen LogP contribution is -2.32. The highest BCUT2D eigenvalue weighted by molar-refractivity contribution is 7.23. The molecule has 29 heavy (non-hydrogen) atoms. The smallest absolute Gasteiger partial charge is 0.275 e. The molecule has 0 saturated carbocycles. The summed E-state index contributed by atoms with van der Waals surface area (Å²) >= 11 is 8.78. The zero-order chi connectivity index (χ0) is 20.2. The molecular formula is C20H18ClN3O3S2. The van der Waals surface area contributed by atoms with E-state index in [1.165, 1.54) is 22.7 Å². The number of carbonyl (C=O) groups excluding carboxylic acids is 2. The summed E-state index contributed by atoms with van der Waals surface area (Å²) in [6.07, 6.45) is 2.09. The number of hydrogen-bond donors (Lipinski definition) is 1. The first-order valence-electron chi connectivity index (χ1n) is 9.12. The third-order valence-electron chi connectivity index (χ3n) is 4.43. The Kier molecular flexibility index (Phi) is 6.13. The van der Waals surface area contributed by atoms with Crippen molar-refractivity contribution in [3.63, 3.8) is 0 Å². The van der Waals surface area contributed by atoms with E-state index in [1.54, 1.807) is 29.6 Å². The van der Waals surface area contributed by atoms with E-state index in [1.807, 2.05) is 17.0 Å². The Balaban J connectivity index is 1.36. The normalized spacial score (nSPS) is 13.5. The highest BCUT2D eigenvalue weighted by Gasteiger charge is 2.18. The molecule has 0 radical (unpaired) electrons. The Labute approximate surface area is 181 Å². The van der Waals surface area contributed by atoms with Crippen molar-refractivity contribution in [2.45, 2.75) is 12.8 Å². The molecule has 0 bridgehead atoms. The topological polar surface area (TPSA) is 71.5 Å². The summed E-state index contributed by atoms with van der Waals surface area (Å²) < 4.78 is 6.29. The first kappa shape index (κ1) is 19.9. The zero-order valence-corrected chi connectivity index (χ0v) is 17.8. The van der Waals surface area contributed by atoms with Crippen molar-refractivity contribution in [2.75, 3.05) is 25.0 Å². The Morgan fingerprint density at radius 1 is 1.21 bits per heavy atom. The summed E-state index contributed by atoms with van der Waals surface area (Å²) in [7, 11) is 0. The summed E-state index contributed by atoms with van der Waals surface area (Å²) in [5.41, 5.74) is 0.917. The maximum atomic E-state index is 12.5. The van der Waals surface area contributed by atoms with Crippen LogP contribution in [-0.2, 0) is 4.79 Å². The molecule has 3 aromatic rings. The van der Waals surface area contributed by atoms with E-state index < -0.39 is 0 Å². The standard InChI is InChI=1S/C20H18ClN3O3S2/c21-17-7-6-16(29-17)20-23-15(12-28-20)19(26)22-13-4-3-5-14(10-13)27-11-18(25)24-8-1-2-9-24/h3-7,10,12H,1-2,8-9,11H2,(H,22,26). The van der Waals surface area contributed by atoms with Crippen molar-refractivity contribution in [3.05, 3.63) is 51.8 Å². The van der Waals surface area contributed by atoms with Gasteiger partial charge in [0, 0.05) is 30.2 Å². The number of anilines is 1. The van der Waals surface area contributed by atoms with Crippen molar-refractivity contribution in [1.82, 2.24) is 9.88 Å². The van der Waals surface area contributed by atoms with Crippen LogP contribution in [0.5, 0.6) is 5.75 Å². The Morgan fingerprint density at radius 3 is 2.79 bits per heavy atom. The monoisotopic (exact) mass is 447 g/mol. The predicted octanol–water partition coefficient (Wildman–Crippen LogP) is 4.78. The average Bonchev–Trinajstić information content (AvgIpc) is 3.47. The third-order valence-corrected chi connectivity index (χ3v) is 6.68. The van der Waals surface area contributed by atoms with Crippen LogP contribution < -0.4 is 10.1 Å². The van der Waals surface area contributed by atoms with Crippen LogP contribution in [0.3, 0.4) is 0 Å². The molecule has 6 nitrogen and oxygen atoms in total. The lowest BCUT2D eigenvalue weighted by Gasteiger charge is -2.15.